The number of ether oxygens (including phenoxy) is 1. The van der Waals surface area contributed by atoms with Crippen molar-refractivity contribution in [2.24, 2.45) is 5.73 Å². The maximum Gasteiger partial charge on any atom is 0.340 e. The minimum Gasteiger partial charge on any atom is -0.479 e. The van der Waals surface area contributed by atoms with Crippen LogP contribution in [0.25, 0.3) is 11.1 Å². The fourth-order valence-corrected chi connectivity index (χ4v) is 3.06. The van der Waals surface area contributed by atoms with Gasteiger partial charge in [0.05, 0.1) is 6.10 Å². The molecule has 6 nitrogen and oxygen atoms in total. The molecule has 0 spiro atoms. The second-order valence-corrected chi connectivity index (χ2v) is 6.20. The molecule has 0 aromatic heterocycles. The normalized spacial score (nSPS) is 15.6. The van der Waals surface area contributed by atoms with Gasteiger partial charge in [-0.15, -0.1) is 0 Å². The fourth-order valence-electron chi connectivity index (χ4n) is 3.06. The van der Waals surface area contributed by atoms with Gasteiger partial charge in [0.15, 0.2) is 0 Å². The molecule has 0 unspecified atom stereocenters. The summed E-state index contributed by atoms with van der Waals surface area (Å²) in [6, 6.07) is 13.7. The molecule has 0 saturated heterocycles. The minimum absolute atomic E-state index is 0.102. The van der Waals surface area contributed by atoms with Gasteiger partial charge in [-0.05, 0) is 41.2 Å². The van der Waals surface area contributed by atoms with Crippen LogP contribution in [0.5, 0.6) is 0 Å². The van der Waals surface area contributed by atoms with Crippen molar-refractivity contribution in [3.05, 3.63) is 59.2 Å². The summed E-state index contributed by atoms with van der Waals surface area (Å²) >= 11 is 0. The molecule has 2 aromatic carbocycles. The van der Waals surface area contributed by atoms with E-state index in [1.165, 1.54) is 5.56 Å². The van der Waals surface area contributed by atoms with E-state index in [1.807, 2.05) is 42.5 Å². The molecule has 0 saturated carbocycles. The van der Waals surface area contributed by atoms with Crippen molar-refractivity contribution in [3.63, 3.8) is 0 Å². The van der Waals surface area contributed by atoms with Crippen molar-refractivity contribution in [2.75, 3.05) is 0 Å². The fraction of sp³-hybridized carbons (Fsp3) is 0.263. The Labute approximate surface area is 144 Å². The van der Waals surface area contributed by atoms with Crippen molar-refractivity contribution < 1.29 is 24.5 Å². The number of fused-ring (bicyclic) bond motifs is 3. The summed E-state index contributed by atoms with van der Waals surface area (Å²) in [5.74, 6) is -2.79. The van der Waals surface area contributed by atoms with Crippen LogP contribution in [0.1, 0.15) is 23.6 Å². The van der Waals surface area contributed by atoms with E-state index in [1.54, 1.807) is 0 Å². The Morgan fingerprint density at radius 1 is 1.20 bits per heavy atom. The molecule has 0 bridgehead atoms. The third-order valence-electron chi connectivity index (χ3n) is 4.66. The summed E-state index contributed by atoms with van der Waals surface area (Å²) in [4.78, 5) is 23.4. The second-order valence-electron chi connectivity index (χ2n) is 6.20. The van der Waals surface area contributed by atoms with Gasteiger partial charge in [-0.3, -0.25) is 0 Å². The number of aliphatic hydroxyl groups is 1. The number of carbonyl (C=O) groups is 2. The number of esters is 1. The smallest absolute Gasteiger partial charge is 0.340 e. The number of benzene rings is 2. The highest BCUT2D eigenvalue weighted by atomic mass is 16.5. The second kappa shape index (κ2) is 6.31. The van der Waals surface area contributed by atoms with Gasteiger partial charge in [0.1, 0.15) is 6.61 Å². The number of carbonyl (C=O) groups excluding carboxylic acids is 1. The highest BCUT2D eigenvalue weighted by Crippen LogP contribution is 2.38. The Kier molecular flexibility index (Phi) is 4.32. The van der Waals surface area contributed by atoms with E-state index in [0.717, 1.165) is 35.6 Å². The van der Waals surface area contributed by atoms with E-state index in [2.05, 4.69) is 0 Å². The molecular weight excluding hydrogens is 322 g/mol. The molecule has 25 heavy (non-hydrogen) atoms. The number of aliphatic carboxylic acids is 1. The van der Waals surface area contributed by atoms with Gasteiger partial charge in [-0.1, -0.05) is 42.5 Å². The lowest BCUT2D eigenvalue weighted by Gasteiger charge is -2.25. The van der Waals surface area contributed by atoms with Crippen LogP contribution in [-0.4, -0.2) is 33.8 Å². The van der Waals surface area contributed by atoms with E-state index in [-0.39, 0.29) is 6.61 Å². The van der Waals surface area contributed by atoms with Crippen LogP contribution in [0.2, 0.25) is 0 Å². The number of rotatable bonds is 5. The zero-order valence-electron chi connectivity index (χ0n) is 13.7. The lowest BCUT2D eigenvalue weighted by Crippen LogP contribution is -2.62. The quantitative estimate of drug-likeness (QED) is 0.479. The molecule has 0 heterocycles. The number of hydrogen-bond donors (Lipinski definition) is 3. The number of hydrogen-bond acceptors (Lipinski definition) is 5. The zero-order valence-corrected chi connectivity index (χ0v) is 13.7. The monoisotopic (exact) mass is 341 g/mol. The molecule has 3 rings (SSSR count). The maximum absolute atomic E-state index is 12.2. The van der Waals surface area contributed by atoms with Crippen molar-refractivity contribution in [1.82, 2.24) is 0 Å². The summed E-state index contributed by atoms with van der Waals surface area (Å²) in [5.41, 5.74) is 8.32. The number of carboxylic acid groups (broad SMARTS) is 1. The average Bonchev–Trinajstić information content (AvgIpc) is 2.97. The van der Waals surface area contributed by atoms with Crippen LogP contribution in [0.15, 0.2) is 42.5 Å². The Balaban J connectivity index is 1.82. The molecule has 6 heteroatoms. The Hall–Kier alpha value is -2.70. The SMILES string of the molecule is C[C@@H](O)[C@](N)(C(=O)O)C(=O)OCc1cccc2c1Cc1ccccc1-2. The summed E-state index contributed by atoms with van der Waals surface area (Å²) in [7, 11) is 0. The summed E-state index contributed by atoms with van der Waals surface area (Å²) in [5, 5.41) is 18.7. The van der Waals surface area contributed by atoms with Crippen molar-refractivity contribution >= 4 is 11.9 Å². The van der Waals surface area contributed by atoms with Gasteiger partial charge in [-0.25, -0.2) is 9.59 Å². The molecule has 1 aliphatic carbocycles. The van der Waals surface area contributed by atoms with E-state index in [9.17, 15) is 14.7 Å². The third kappa shape index (κ3) is 2.79. The Bertz CT molecular complexity index is 845. The van der Waals surface area contributed by atoms with Crippen LogP contribution in [0.4, 0.5) is 0 Å². The average molecular weight is 341 g/mol. The maximum atomic E-state index is 12.2. The summed E-state index contributed by atoms with van der Waals surface area (Å²) in [6.07, 6.45) is -0.856. The molecule has 1 aliphatic rings. The molecule has 0 aliphatic heterocycles. The van der Waals surface area contributed by atoms with Gasteiger partial charge < -0.3 is 20.7 Å². The first kappa shape index (κ1) is 17.1. The van der Waals surface area contributed by atoms with Crippen LogP contribution < -0.4 is 5.73 Å². The molecule has 130 valence electrons. The molecule has 0 radical (unpaired) electrons. The molecule has 0 fully saturated rings. The van der Waals surface area contributed by atoms with E-state index >= 15 is 0 Å². The molecule has 4 N–H and O–H groups in total. The van der Waals surface area contributed by atoms with Gasteiger partial charge in [-0.2, -0.15) is 0 Å². The predicted octanol–water partition coefficient (Wildman–Crippen LogP) is 1.46. The van der Waals surface area contributed by atoms with Gasteiger partial charge >= 0.3 is 11.9 Å². The largest absolute Gasteiger partial charge is 0.479 e. The molecule has 0 amide bonds. The van der Waals surface area contributed by atoms with E-state index < -0.39 is 23.6 Å². The summed E-state index contributed by atoms with van der Waals surface area (Å²) < 4.78 is 5.14. The van der Waals surface area contributed by atoms with Gasteiger partial charge in [0.2, 0.25) is 5.54 Å². The van der Waals surface area contributed by atoms with Crippen molar-refractivity contribution in [1.29, 1.82) is 0 Å². The molecule has 2 aromatic rings. The van der Waals surface area contributed by atoms with Crippen molar-refractivity contribution in [2.45, 2.75) is 31.6 Å². The predicted molar refractivity (Wildman–Crippen MR) is 90.7 cm³/mol. The molecule has 2 atom stereocenters. The lowest BCUT2D eigenvalue weighted by atomic mass is 9.95. The zero-order chi connectivity index (χ0) is 18.2. The van der Waals surface area contributed by atoms with Gasteiger partial charge in [0, 0.05) is 0 Å². The Morgan fingerprint density at radius 2 is 1.88 bits per heavy atom. The topological polar surface area (TPSA) is 110 Å². The lowest BCUT2D eigenvalue weighted by molar-refractivity contribution is -0.167. The number of carboxylic acids is 1. The van der Waals surface area contributed by atoms with Crippen LogP contribution in [0.3, 0.4) is 0 Å². The standard InChI is InChI=1S/C19H19NO5/c1-11(21)19(20,17(22)23)18(24)25-10-13-6-4-8-15-14-7-3-2-5-12(14)9-16(13)15/h2-8,11,21H,9-10,20H2,1H3,(H,22,23)/t11-,19+/m1/s1. The van der Waals surface area contributed by atoms with Crippen molar-refractivity contribution in [3.8, 4) is 11.1 Å². The highest BCUT2D eigenvalue weighted by molar-refractivity contribution is 6.04. The number of aliphatic hydroxyl groups excluding tert-OH is 1. The van der Waals surface area contributed by atoms with Crippen LogP contribution >= 0.6 is 0 Å². The third-order valence-corrected chi connectivity index (χ3v) is 4.66. The Morgan fingerprint density at radius 3 is 2.56 bits per heavy atom. The summed E-state index contributed by atoms with van der Waals surface area (Å²) in [6.45, 7) is 1.04. The number of nitrogens with two attached hydrogens (primary N) is 1. The molecular formula is C19H19NO5. The van der Waals surface area contributed by atoms with E-state index in [4.69, 9.17) is 15.6 Å². The first-order valence-corrected chi connectivity index (χ1v) is 7.92. The highest BCUT2D eigenvalue weighted by Gasteiger charge is 2.48. The van der Waals surface area contributed by atoms with E-state index in [0.29, 0.717) is 0 Å². The van der Waals surface area contributed by atoms with Crippen LogP contribution in [-0.2, 0) is 27.4 Å². The minimum atomic E-state index is -2.49. The first-order valence-electron chi connectivity index (χ1n) is 7.92. The van der Waals surface area contributed by atoms with Gasteiger partial charge in [0.25, 0.3) is 0 Å². The first-order chi connectivity index (χ1) is 11.9. The van der Waals surface area contributed by atoms with Crippen LogP contribution in [0, 0.1) is 0 Å².